The average molecular weight is 318 g/mol. The lowest BCUT2D eigenvalue weighted by Gasteiger charge is -2.14. The zero-order valence-corrected chi connectivity index (χ0v) is 12.6. The van der Waals surface area contributed by atoms with Crippen LogP contribution in [0.3, 0.4) is 0 Å². The number of carbonyl (C=O) groups excluding carboxylic acids is 1. The van der Waals surface area contributed by atoms with Gasteiger partial charge in [0.25, 0.3) is 5.91 Å². The molecular weight excluding hydrogens is 302 g/mol. The van der Waals surface area contributed by atoms with Crippen molar-refractivity contribution < 1.29 is 4.79 Å². The van der Waals surface area contributed by atoms with E-state index in [0.717, 1.165) is 15.6 Å². The van der Waals surface area contributed by atoms with Gasteiger partial charge in [0.15, 0.2) is 0 Å². The maximum Gasteiger partial charge on any atom is 0.251 e. The number of amides is 1. The van der Waals surface area contributed by atoms with Gasteiger partial charge in [0.1, 0.15) is 0 Å². The molecule has 3 heteroatoms. The first-order valence-corrected chi connectivity index (χ1v) is 6.98. The number of nitrogens with one attached hydrogen (secondary N) is 1. The highest BCUT2D eigenvalue weighted by Gasteiger charge is 2.11. The quantitative estimate of drug-likeness (QED) is 0.901. The molecule has 0 aliphatic carbocycles. The third kappa shape index (κ3) is 3.67. The molecule has 0 bridgehead atoms. The zero-order chi connectivity index (χ0) is 13.8. The van der Waals surface area contributed by atoms with Gasteiger partial charge >= 0.3 is 0 Å². The second kappa shape index (κ2) is 6.02. The van der Waals surface area contributed by atoms with Crippen molar-refractivity contribution >= 4 is 21.8 Å². The second-order valence-corrected chi connectivity index (χ2v) is 5.54. The summed E-state index contributed by atoms with van der Waals surface area (Å²) in [6.45, 7) is 3.96. The molecule has 2 aromatic carbocycles. The molecule has 1 amide bonds. The number of hydrogen-bond acceptors (Lipinski definition) is 1. The summed E-state index contributed by atoms with van der Waals surface area (Å²) in [5.74, 6) is -0.0549. The Bertz CT molecular complexity index is 560. The lowest BCUT2D eigenvalue weighted by molar-refractivity contribution is 0.0939. The van der Waals surface area contributed by atoms with E-state index in [4.69, 9.17) is 0 Å². The summed E-state index contributed by atoms with van der Waals surface area (Å²) in [4.78, 5) is 12.2. The molecule has 0 spiro atoms. The molecule has 0 aliphatic heterocycles. The van der Waals surface area contributed by atoms with E-state index in [1.807, 2.05) is 62.4 Å². The Hall–Kier alpha value is -1.61. The lowest BCUT2D eigenvalue weighted by Crippen LogP contribution is -2.26. The van der Waals surface area contributed by atoms with Crippen LogP contribution < -0.4 is 5.32 Å². The van der Waals surface area contributed by atoms with Gasteiger partial charge in [-0.25, -0.2) is 0 Å². The molecule has 1 N–H and O–H groups in total. The number of carbonyl (C=O) groups is 1. The Morgan fingerprint density at radius 2 is 1.84 bits per heavy atom. The first kappa shape index (κ1) is 13.8. The Balaban J connectivity index is 2.13. The third-order valence-electron chi connectivity index (χ3n) is 2.95. The van der Waals surface area contributed by atoms with E-state index in [1.54, 1.807) is 0 Å². The molecule has 19 heavy (non-hydrogen) atoms. The monoisotopic (exact) mass is 317 g/mol. The number of hydrogen-bond donors (Lipinski definition) is 1. The number of halogens is 1. The van der Waals surface area contributed by atoms with Crippen LogP contribution in [0.4, 0.5) is 0 Å². The van der Waals surface area contributed by atoms with Gasteiger partial charge in [0.2, 0.25) is 0 Å². The van der Waals surface area contributed by atoms with Gasteiger partial charge in [-0.3, -0.25) is 4.79 Å². The second-order valence-electron chi connectivity index (χ2n) is 4.62. The van der Waals surface area contributed by atoms with Crippen LogP contribution in [0.5, 0.6) is 0 Å². The fourth-order valence-electron chi connectivity index (χ4n) is 1.97. The van der Waals surface area contributed by atoms with Crippen molar-refractivity contribution in [2.75, 3.05) is 0 Å². The van der Waals surface area contributed by atoms with Gasteiger partial charge in [-0.2, -0.15) is 0 Å². The summed E-state index contributed by atoms with van der Waals surface area (Å²) in [6.07, 6.45) is 0. The van der Waals surface area contributed by atoms with Gasteiger partial charge in [-0.05, 0) is 43.2 Å². The predicted molar refractivity (Wildman–Crippen MR) is 81.2 cm³/mol. The van der Waals surface area contributed by atoms with E-state index in [1.165, 1.54) is 0 Å². The van der Waals surface area contributed by atoms with Crippen LogP contribution >= 0.6 is 15.9 Å². The highest BCUT2D eigenvalue weighted by Crippen LogP contribution is 2.17. The summed E-state index contributed by atoms with van der Waals surface area (Å²) < 4.78 is 0.921. The van der Waals surface area contributed by atoms with Crippen LogP contribution in [-0.2, 0) is 0 Å². The first-order chi connectivity index (χ1) is 9.06. The standard InChI is InChI=1S/C16H16BrNO/c1-11-8-14(10-15(17)9-11)16(19)18-12(2)13-6-4-3-5-7-13/h3-10,12H,1-2H3,(H,18,19)/t12-/m1/s1. The SMILES string of the molecule is Cc1cc(Br)cc(C(=O)N[C@H](C)c2ccccc2)c1. The van der Waals surface area contributed by atoms with Gasteiger partial charge < -0.3 is 5.32 Å². The van der Waals surface area contributed by atoms with Crippen LogP contribution in [0.25, 0.3) is 0 Å². The molecule has 0 heterocycles. The van der Waals surface area contributed by atoms with Gasteiger partial charge in [0, 0.05) is 10.0 Å². The van der Waals surface area contributed by atoms with Crippen LogP contribution in [0, 0.1) is 6.92 Å². The van der Waals surface area contributed by atoms with E-state index in [0.29, 0.717) is 5.56 Å². The van der Waals surface area contributed by atoms with Crippen LogP contribution in [0.2, 0.25) is 0 Å². The van der Waals surface area contributed by atoms with E-state index in [-0.39, 0.29) is 11.9 Å². The lowest BCUT2D eigenvalue weighted by atomic mass is 10.1. The molecule has 1 atom stereocenters. The van der Waals surface area contributed by atoms with Crippen LogP contribution in [-0.4, -0.2) is 5.91 Å². The highest BCUT2D eigenvalue weighted by molar-refractivity contribution is 9.10. The molecule has 2 rings (SSSR count). The maximum absolute atomic E-state index is 12.2. The summed E-state index contributed by atoms with van der Waals surface area (Å²) in [6, 6.07) is 15.6. The van der Waals surface area contributed by atoms with Gasteiger partial charge in [0.05, 0.1) is 6.04 Å². The van der Waals surface area contributed by atoms with E-state index in [2.05, 4.69) is 21.2 Å². The molecule has 0 saturated carbocycles. The van der Waals surface area contributed by atoms with E-state index < -0.39 is 0 Å². The maximum atomic E-state index is 12.2. The zero-order valence-electron chi connectivity index (χ0n) is 11.0. The molecule has 0 aliphatic rings. The minimum atomic E-state index is -0.0549. The van der Waals surface area contributed by atoms with E-state index in [9.17, 15) is 4.79 Å². The van der Waals surface area contributed by atoms with Gasteiger partial charge in [-0.15, -0.1) is 0 Å². The molecule has 0 radical (unpaired) electrons. The fourth-order valence-corrected chi connectivity index (χ4v) is 2.58. The summed E-state index contributed by atoms with van der Waals surface area (Å²) in [5, 5.41) is 3.01. The van der Waals surface area contributed by atoms with Crippen molar-refractivity contribution in [2.45, 2.75) is 19.9 Å². The third-order valence-corrected chi connectivity index (χ3v) is 3.41. The van der Waals surface area contributed by atoms with Crippen molar-refractivity contribution in [3.05, 3.63) is 69.7 Å². The van der Waals surface area contributed by atoms with Gasteiger partial charge in [-0.1, -0.05) is 46.3 Å². The smallest absolute Gasteiger partial charge is 0.251 e. The summed E-state index contributed by atoms with van der Waals surface area (Å²) in [7, 11) is 0. The fraction of sp³-hybridized carbons (Fsp3) is 0.188. The molecule has 0 unspecified atom stereocenters. The molecule has 0 saturated heterocycles. The van der Waals surface area contributed by atoms with E-state index >= 15 is 0 Å². The minimum Gasteiger partial charge on any atom is -0.346 e. The van der Waals surface area contributed by atoms with Crippen molar-refractivity contribution in [3.63, 3.8) is 0 Å². The molecule has 0 aromatic heterocycles. The van der Waals surface area contributed by atoms with Crippen molar-refractivity contribution in [1.29, 1.82) is 0 Å². The van der Waals surface area contributed by atoms with Crippen molar-refractivity contribution in [2.24, 2.45) is 0 Å². The van der Waals surface area contributed by atoms with Crippen molar-refractivity contribution in [1.82, 2.24) is 5.32 Å². The molecule has 98 valence electrons. The molecular formula is C16H16BrNO. The molecule has 0 fully saturated rings. The molecule has 2 nitrogen and oxygen atoms in total. The first-order valence-electron chi connectivity index (χ1n) is 6.19. The minimum absolute atomic E-state index is 0.00649. The Kier molecular flexibility index (Phi) is 4.38. The molecule has 2 aromatic rings. The summed E-state index contributed by atoms with van der Waals surface area (Å²) in [5.41, 5.74) is 2.84. The number of aryl methyl sites for hydroxylation is 1. The Morgan fingerprint density at radius 1 is 1.16 bits per heavy atom. The largest absolute Gasteiger partial charge is 0.346 e. The Morgan fingerprint density at radius 3 is 2.47 bits per heavy atom. The van der Waals surface area contributed by atoms with Crippen LogP contribution in [0.1, 0.15) is 34.5 Å². The van der Waals surface area contributed by atoms with Crippen molar-refractivity contribution in [3.8, 4) is 0 Å². The highest BCUT2D eigenvalue weighted by atomic mass is 79.9. The normalized spacial score (nSPS) is 11.9. The average Bonchev–Trinajstić information content (AvgIpc) is 2.38. The number of rotatable bonds is 3. The predicted octanol–water partition coefficient (Wildman–Crippen LogP) is 4.25. The topological polar surface area (TPSA) is 29.1 Å². The van der Waals surface area contributed by atoms with Crippen LogP contribution in [0.15, 0.2) is 53.0 Å². The number of benzene rings is 2. The summed E-state index contributed by atoms with van der Waals surface area (Å²) >= 11 is 3.41. The Labute approximate surface area is 122 Å².